The molecule has 0 saturated carbocycles. The van der Waals surface area contributed by atoms with Crippen LogP contribution in [0, 0.1) is 6.92 Å². The third kappa shape index (κ3) is 3.54. The van der Waals surface area contributed by atoms with E-state index in [4.69, 9.17) is 5.11 Å². The fourth-order valence-electron chi connectivity index (χ4n) is 2.56. The van der Waals surface area contributed by atoms with Crippen LogP contribution in [0.4, 0.5) is 11.4 Å². The van der Waals surface area contributed by atoms with Crippen molar-refractivity contribution in [3.63, 3.8) is 0 Å². The molecular formula is C18H18N2O3S. The van der Waals surface area contributed by atoms with Crippen molar-refractivity contribution in [3.8, 4) is 0 Å². The third-order valence-electron chi connectivity index (χ3n) is 3.97. The summed E-state index contributed by atoms with van der Waals surface area (Å²) >= 11 is 1.70. The van der Waals surface area contributed by atoms with Gasteiger partial charge in [-0.3, -0.25) is 4.79 Å². The summed E-state index contributed by atoms with van der Waals surface area (Å²) in [5.74, 6) is 0.341. The van der Waals surface area contributed by atoms with Gasteiger partial charge < -0.3 is 15.7 Å². The van der Waals surface area contributed by atoms with Crippen LogP contribution in [0.3, 0.4) is 0 Å². The Hall–Kier alpha value is -2.47. The monoisotopic (exact) mass is 342 g/mol. The molecule has 1 amide bonds. The number of aryl methyl sites for hydroxylation is 1. The van der Waals surface area contributed by atoms with E-state index in [-0.39, 0.29) is 17.5 Å². The lowest BCUT2D eigenvalue weighted by Crippen LogP contribution is -2.40. The van der Waals surface area contributed by atoms with Crippen LogP contribution in [0.25, 0.3) is 0 Å². The SMILES string of the molecule is Cc1ccccc1CSCC1Nc2ccc(C(=O)O)cc2NC1=O. The summed E-state index contributed by atoms with van der Waals surface area (Å²) in [6.07, 6.45) is 0. The highest BCUT2D eigenvalue weighted by molar-refractivity contribution is 7.98. The number of rotatable bonds is 5. The minimum atomic E-state index is -1.01. The van der Waals surface area contributed by atoms with Crippen molar-refractivity contribution in [2.45, 2.75) is 18.7 Å². The van der Waals surface area contributed by atoms with E-state index in [1.165, 1.54) is 23.3 Å². The van der Waals surface area contributed by atoms with Gasteiger partial charge in [0.25, 0.3) is 0 Å². The smallest absolute Gasteiger partial charge is 0.335 e. The summed E-state index contributed by atoms with van der Waals surface area (Å²) in [6, 6.07) is 12.6. The molecule has 24 heavy (non-hydrogen) atoms. The van der Waals surface area contributed by atoms with Crippen molar-refractivity contribution in [2.75, 3.05) is 16.4 Å². The van der Waals surface area contributed by atoms with Crippen LogP contribution in [0.2, 0.25) is 0 Å². The lowest BCUT2D eigenvalue weighted by Gasteiger charge is -2.27. The summed E-state index contributed by atoms with van der Waals surface area (Å²) < 4.78 is 0. The first-order chi connectivity index (χ1) is 11.5. The van der Waals surface area contributed by atoms with Crippen molar-refractivity contribution in [1.82, 2.24) is 0 Å². The average molecular weight is 342 g/mol. The first kappa shape index (κ1) is 16.4. The topological polar surface area (TPSA) is 78.4 Å². The molecule has 0 spiro atoms. The fourth-order valence-corrected chi connectivity index (χ4v) is 3.69. The molecule has 0 aliphatic carbocycles. The second-order valence-corrected chi connectivity index (χ2v) is 6.72. The summed E-state index contributed by atoms with van der Waals surface area (Å²) in [5.41, 5.74) is 3.94. The number of carbonyl (C=O) groups excluding carboxylic acids is 1. The zero-order chi connectivity index (χ0) is 17.1. The predicted octanol–water partition coefficient (Wildman–Crippen LogP) is 3.36. The van der Waals surface area contributed by atoms with Gasteiger partial charge in [0.15, 0.2) is 0 Å². The lowest BCUT2D eigenvalue weighted by atomic mass is 10.1. The number of hydrogen-bond acceptors (Lipinski definition) is 4. The lowest BCUT2D eigenvalue weighted by molar-refractivity contribution is -0.116. The van der Waals surface area contributed by atoms with Gasteiger partial charge in [0, 0.05) is 11.5 Å². The number of anilines is 2. The summed E-state index contributed by atoms with van der Waals surface area (Å²) in [6.45, 7) is 2.08. The van der Waals surface area contributed by atoms with Gasteiger partial charge in [0.2, 0.25) is 5.91 Å². The maximum Gasteiger partial charge on any atom is 0.335 e. The highest BCUT2D eigenvalue weighted by Crippen LogP contribution is 2.29. The molecule has 0 radical (unpaired) electrons. The number of carbonyl (C=O) groups is 2. The summed E-state index contributed by atoms with van der Waals surface area (Å²) in [7, 11) is 0. The molecule has 1 aliphatic heterocycles. The molecule has 1 aliphatic rings. The van der Waals surface area contributed by atoms with Gasteiger partial charge in [-0.05, 0) is 36.2 Å². The Kier molecular flexibility index (Phi) is 4.76. The van der Waals surface area contributed by atoms with E-state index in [2.05, 4.69) is 29.7 Å². The first-order valence-corrected chi connectivity index (χ1v) is 8.77. The molecule has 124 valence electrons. The molecule has 5 nitrogen and oxygen atoms in total. The molecule has 1 heterocycles. The van der Waals surface area contributed by atoms with Crippen LogP contribution in [0.5, 0.6) is 0 Å². The molecule has 2 aromatic carbocycles. The zero-order valence-corrected chi connectivity index (χ0v) is 14.0. The number of fused-ring (bicyclic) bond motifs is 1. The van der Waals surface area contributed by atoms with Crippen LogP contribution < -0.4 is 10.6 Å². The molecule has 0 fully saturated rings. The predicted molar refractivity (Wildman–Crippen MR) is 96.8 cm³/mol. The second kappa shape index (κ2) is 6.97. The molecule has 0 aromatic heterocycles. The van der Waals surface area contributed by atoms with Gasteiger partial charge in [-0.25, -0.2) is 4.79 Å². The quantitative estimate of drug-likeness (QED) is 0.776. The van der Waals surface area contributed by atoms with Crippen molar-refractivity contribution in [3.05, 3.63) is 59.2 Å². The van der Waals surface area contributed by atoms with Crippen molar-refractivity contribution in [2.24, 2.45) is 0 Å². The molecule has 2 aromatic rings. The third-order valence-corrected chi connectivity index (χ3v) is 5.06. The van der Waals surface area contributed by atoms with Crippen LogP contribution in [-0.2, 0) is 10.5 Å². The minimum Gasteiger partial charge on any atom is -0.478 e. The number of thioether (sulfide) groups is 1. The Bertz CT molecular complexity index is 792. The number of amides is 1. The Morgan fingerprint density at radius 3 is 2.75 bits per heavy atom. The number of benzene rings is 2. The molecule has 0 saturated heterocycles. The highest BCUT2D eigenvalue weighted by atomic mass is 32.2. The van der Waals surface area contributed by atoms with Crippen molar-refractivity contribution < 1.29 is 14.7 Å². The molecular weight excluding hydrogens is 324 g/mol. The summed E-state index contributed by atoms with van der Waals surface area (Å²) in [4.78, 5) is 23.2. The van der Waals surface area contributed by atoms with E-state index >= 15 is 0 Å². The van der Waals surface area contributed by atoms with Gasteiger partial charge >= 0.3 is 5.97 Å². The van der Waals surface area contributed by atoms with Gasteiger partial charge in [-0.1, -0.05) is 24.3 Å². The maximum atomic E-state index is 12.2. The van der Waals surface area contributed by atoms with E-state index < -0.39 is 5.97 Å². The first-order valence-electron chi connectivity index (χ1n) is 7.61. The molecule has 0 bridgehead atoms. The average Bonchev–Trinajstić information content (AvgIpc) is 2.56. The molecule has 6 heteroatoms. The van der Waals surface area contributed by atoms with Gasteiger partial charge in [0.05, 0.1) is 16.9 Å². The van der Waals surface area contributed by atoms with E-state index in [1.54, 1.807) is 17.8 Å². The Labute approximate surface area is 144 Å². The molecule has 3 N–H and O–H groups in total. The van der Waals surface area contributed by atoms with Gasteiger partial charge in [-0.15, -0.1) is 0 Å². The molecule has 1 atom stereocenters. The van der Waals surface area contributed by atoms with Crippen LogP contribution in [-0.4, -0.2) is 28.8 Å². The number of nitrogens with one attached hydrogen (secondary N) is 2. The molecule has 3 rings (SSSR count). The Morgan fingerprint density at radius 1 is 1.21 bits per heavy atom. The maximum absolute atomic E-state index is 12.2. The molecule has 1 unspecified atom stereocenters. The largest absolute Gasteiger partial charge is 0.478 e. The number of carboxylic acid groups (broad SMARTS) is 1. The second-order valence-electron chi connectivity index (χ2n) is 5.69. The zero-order valence-electron chi connectivity index (χ0n) is 13.2. The fraction of sp³-hybridized carbons (Fsp3) is 0.222. The van der Waals surface area contributed by atoms with E-state index in [9.17, 15) is 9.59 Å². The standard InChI is InChI=1S/C18H18N2O3S/c1-11-4-2-3-5-13(11)9-24-10-16-17(21)20-15-8-12(18(22)23)6-7-14(15)19-16/h2-8,16,19H,9-10H2,1H3,(H,20,21)(H,22,23). The van der Waals surface area contributed by atoms with Gasteiger partial charge in [-0.2, -0.15) is 11.8 Å². The van der Waals surface area contributed by atoms with Crippen molar-refractivity contribution >= 4 is 35.0 Å². The minimum absolute atomic E-state index is 0.137. The van der Waals surface area contributed by atoms with Crippen LogP contribution in [0.15, 0.2) is 42.5 Å². The van der Waals surface area contributed by atoms with Crippen LogP contribution in [0.1, 0.15) is 21.5 Å². The Morgan fingerprint density at radius 2 is 2.00 bits per heavy atom. The number of carboxylic acids is 1. The van der Waals surface area contributed by atoms with Crippen LogP contribution >= 0.6 is 11.8 Å². The number of aromatic carboxylic acids is 1. The van der Waals surface area contributed by atoms with E-state index in [0.717, 1.165) is 11.4 Å². The normalized spacial score (nSPS) is 16.0. The summed E-state index contributed by atoms with van der Waals surface area (Å²) in [5, 5.41) is 15.0. The van der Waals surface area contributed by atoms with Gasteiger partial charge in [0.1, 0.15) is 6.04 Å². The number of hydrogen-bond donors (Lipinski definition) is 3. The van der Waals surface area contributed by atoms with Crippen molar-refractivity contribution in [1.29, 1.82) is 0 Å². The van der Waals surface area contributed by atoms with E-state index in [1.807, 2.05) is 12.1 Å². The van der Waals surface area contributed by atoms with E-state index in [0.29, 0.717) is 11.4 Å². The Balaban J connectivity index is 1.63. The highest BCUT2D eigenvalue weighted by Gasteiger charge is 2.25.